The molecule has 6 heteroatoms. The van der Waals surface area contributed by atoms with Crippen molar-refractivity contribution >= 4 is 17.7 Å². The molecular weight excluding hydrogens is 258 g/mol. The molecule has 1 fully saturated rings. The molecule has 0 aliphatic heterocycles. The minimum Gasteiger partial charge on any atom is -0.481 e. The largest absolute Gasteiger partial charge is 0.481 e. The maximum absolute atomic E-state index is 12.2. The number of rotatable bonds is 4. The molecule has 3 N–H and O–H groups in total. The van der Waals surface area contributed by atoms with E-state index in [4.69, 9.17) is 0 Å². The fourth-order valence-corrected chi connectivity index (χ4v) is 2.77. The number of hydrogen-bond acceptors (Lipinski definition) is 3. The van der Waals surface area contributed by atoms with Gasteiger partial charge in [0.05, 0.1) is 11.8 Å². The lowest BCUT2D eigenvalue weighted by Crippen LogP contribution is -2.30. The highest BCUT2D eigenvalue weighted by molar-refractivity contribution is 5.94. The van der Waals surface area contributed by atoms with Crippen LogP contribution in [-0.4, -0.2) is 27.2 Å². The van der Waals surface area contributed by atoms with E-state index < -0.39 is 17.8 Å². The third kappa shape index (κ3) is 3.00. The first-order valence-electron chi connectivity index (χ1n) is 6.97. The van der Waals surface area contributed by atoms with Crippen molar-refractivity contribution in [3.8, 4) is 0 Å². The number of amides is 1. The number of carboxylic acids is 1. The number of carbonyl (C=O) groups is 2. The van der Waals surface area contributed by atoms with Crippen molar-refractivity contribution in [2.24, 2.45) is 17.8 Å². The van der Waals surface area contributed by atoms with Crippen molar-refractivity contribution in [1.29, 1.82) is 0 Å². The second-order valence-electron chi connectivity index (χ2n) is 5.98. The average Bonchev–Trinajstić information content (AvgIpc) is 2.95. The smallest absolute Gasteiger partial charge is 0.307 e. The summed E-state index contributed by atoms with van der Waals surface area (Å²) in [5.41, 5.74) is 0.940. The molecular formula is C14H21N3O3. The van der Waals surface area contributed by atoms with Crippen LogP contribution in [0.25, 0.3) is 0 Å². The fraction of sp³-hybridized carbons (Fsp3) is 0.643. The molecule has 1 heterocycles. The fourth-order valence-electron chi connectivity index (χ4n) is 2.77. The lowest BCUT2D eigenvalue weighted by Gasteiger charge is -2.14. The number of anilines is 1. The predicted molar refractivity (Wildman–Crippen MR) is 74.3 cm³/mol. The predicted octanol–water partition coefficient (Wildman–Crippen LogP) is 2.22. The lowest BCUT2D eigenvalue weighted by molar-refractivity contribution is -0.145. The van der Waals surface area contributed by atoms with Crippen molar-refractivity contribution in [2.45, 2.75) is 39.5 Å². The summed E-state index contributed by atoms with van der Waals surface area (Å²) in [6, 6.07) is 1.79. The summed E-state index contributed by atoms with van der Waals surface area (Å²) in [5, 5.41) is 18.8. The molecule has 1 aliphatic rings. The standard InChI is InChI=1S/C14H21N3O3/c1-7(2)11-6-12(17-16-11)15-13(18)9-4-8(3)5-10(9)14(19)20/h6-10H,4-5H2,1-3H3,(H,19,20)(H2,15,16,17,18). The van der Waals surface area contributed by atoms with Crippen molar-refractivity contribution < 1.29 is 14.7 Å². The summed E-state index contributed by atoms with van der Waals surface area (Å²) >= 11 is 0. The van der Waals surface area contributed by atoms with Crippen LogP contribution in [0.5, 0.6) is 0 Å². The van der Waals surface area contributed by atoms with Gasteiger partial charge in [-0.25, -0.2) is 0 Å². The van der Waals surface area contributed by atoms with E-state index >= 15 is 0 Å². The number of hydrogen-bond donors (Lipinski definition) is 3. The van der Waals surface area contributed by atoms with E-state index in [1.807, 2.05) is 20.8 Å². The number of nitrogens with one attached hydrogen (secondary N) is 2. The van der Waals surface area contributed by atoms with Gasteiger partial charge in [0.1, 0.15) is 0 Å². The van der Waals surface area contributed by atoms with Crippen LogP contribution in [0.1, 0.15) is 45.2 Å². The van der Waals surface area contributed by atoms with E-state index in [9.17, 15) is 14.7 Å². The van der Waals surface area contributed by atoms with Crippen LogP contribution in [0.3, 0.4) is 0 Å². The van der Waals surface area contributed by atoms with E-state index in [0.29, 0.717) is 24.6 Å². The van der Waals surface area contributed by atoms with Crippen LogP contribution in [0.15, 0.2) is 6.07 Å². The number of H-pyrrole nitrogens is 1. The van der Waals surface area contributed by atoms with Gasteiger partial charge >= 0.3 is 5.97 Å². The van der Waals surface area contributed by atoms with Gasteiger partial charge in [-0.15, -0.1) is 0 Å². The SMILES string of the molecule is CC1CC(C(=O)O)C(C(=O)Nc2cc(C(C)C)[nH]n2)C1. The molecule has 1 aromatic heterocycles. The summed E-state index contributed by atoms with van der Waals surface area (Å²) in [7, 11) is 0. The van der Waals surface area contributed by atoms with Gasteiger partial charge in [0, 0.05) is 11.8 Å². The van der Waals surface area contributed by atoms with Gasteiger partial charge in [0.15, 0.2) is 5.82 Å². The maximum Gasteiger partial charge on any atom is 0.307 e. The number of carbonyl (C=O) groups excluding carboxylic acids is 1. The molecule has 1 aromatic rings. The Morgan fingerprint density at radius 2 is 2.05 bits per heavy atom. The zero-order valence-electron chi connectivity index (χ0n) is 12.0. The Balaban J connectivity index is 2.05. The van der Waals surface area contributed by atoms with Crippen molar-refractivity contribution in [1.82, 2.24) is 10.2 Å². The highest BCUT2D eigenvalue weighted by atomic mass is 16.4. The zero-order chi connectivity index (χ0) is 14.9. The molecule has 2 rings (SSSR count). The van der Waals surface area contributed by atoms with Crippen LogP contribution in [0.2, 0.25) is 0 Å². The first-order valence-corrected chi connectivity index (χ1v) is 6.97. The van der Waals surface area contributed by atoms with E-state index in [1.54, 1.807) is 6.07 Å². The molecule has 0 radical (unpaired) electrons. The molecule has 0 aromatic carbocycles. The molecule has 0 bridgehead atoms. The second-order valence-corrected chi connectivity index (χ2v) is 5.98. The minimum atomic E-state index is -0.889. The van der Waals surface area contributed by atoms with Crippen molar-refractivity contribution in [2.75, 3.05) is 5.32 Å². The Hall–Kier alpha value is -1.85. The Kier molecular flexibility index (Phi) is 4.11. The minimum absolute atomic E-state index is 0.247. The quantitative estimate of drug-likeness (QED) is 0.787. The molecule has 0 spiro atoms. The Bertz CT molecular complexity index is 510. The highest BCUT2D eigenvalue weighted by Gasteiger charge is 2.41. The normalized spacial score (nSPS) is 25.9. The van der Waals surface area contributed by atoms with Gasteiger partial charge in [-0.05, 0) is 24.7 Å². The summed E-state index contributed by atoms with van der Waals surface area (Å²) in [6.07, 6.45) is 1.18. The highest BCUT2D eigenvalue weighted by Crippen LogP contribution is 2.37. The molecule has 110 valence electrons. The Labute approximate surface area is 118 Å². The van der Waals surface area contributed by atoms with Gasteiger partial charge < -0.3 is 10.4 Å². The van der Waals surface area contributed by atoms with Gasteiger partial charge in [0.2, 0.25) is 5.91 Å². The second kappa shape index (κ2) is 5.64. The molecule has 3 unspecified atom stereocenters. The van der Waals surface area contributed by atoms with E-state index in [-0.39, 0.29) is 11.8 Å². The molecule has 0 saturated heterocycles. The van der Waals surface area contributed by atoms with E-state index in [0.717, 1.165) is 5.69 Å². The Morgan fingerprint density at radius 1 is 1.40 bits per heavy atom. The van der Waals surface area contributed by atoms with E-state index in [1.165, 1.54) is 0 Å². The van der Waals surface area contributed by atoms with Gasteiger partial charge in [0.25, 0.3) is 0 Å². The van der Waals surface area contributed by atoms with Crippen LogP contribution < -0.4 is 5.32 Å². The van der Waals surface area contributed by atoms with Crippen molar-refractivity contribution in [3.63, 3.8) is 0 Å². The number of carboxylic acid groups (broad SMARTS) is 1. The van der Waals surface area contributed by atoms with Crippen molar-refractivity contribution in [3.05, 3.63) is 11.8 Å². The topological polar surface area (TPSA) is 95.1 Å². The summed E-state index contributed by atoms with van der Waals surface area (Å²) in [6.45, 7) is 6.03. The monoisotopic (exact) mass is 279 g/mol. The number of nitrogens with zero attached hydrogens (tertiary/aromatic N) is 1. The van der Waals surface area contributed by atoms with E-state index in [2.05, 4.69) is 15.5 Å². The Morgan fingerprint density at radius 3 is 2.60 bits per heavy atom. The van der Waals surface area contributed by atoms with Crippen LogP contribution in [0.4, 0.5) is 5.82 Å². The molecule has 3 atom stereocenters. The first kappa shape index (κ1) is 14.6. The maximum atomic E-state index is 12.2. The summed E-state index contributed by atoms with van der Waals surface area (Å²) in [5.74, 6) is -1.18. The third-order valence-corrected chi connectivity index (χ3v) is 3.92. The lowest BCUT2D eigenvalue weighted by atomic mass is 9.95. The first-order chi connectivity index (χ1) is 9.38. The summed E-state index contributed by atoms with van der Waals surface area (Å²) < 4.78 is 0. The zero-order valence-corrected chi connectivity index (χ0v) is 12.0. The molecule has 1 aliphatic carbocycles. The van der Waals surface area contributed by atoms with Gasteiger partial charge in [-0.2, -0.15) is 5.10 Å². The average molecular weight is 279 g/mol. The van der Waals surface area contributed by atoms with Crippen LogP contribution >= 0.6 is 0 Å². The molecule has 1 saturated carbocycles. The summed E-state index contributed by atoms with van der Waals surface area (Å²) in [4.78, 5) is 23.4. The molecule has 20 heavy (non-hydrogen) atoms. The molecule has 6 nitrogen and oxygen atoms in total. The van der Waals surface area contributed by atoms with Gasteiger partial charge in [-0.1, -0.05) is 20.8 Å². The number of aromatic nitrogens is 2. The van der Waals surface area contributed by atoms with Gasteiger partial charge in [-0.3, -0.25) is 14.7 Å². The van der Waals surface area contributed by atoms with Crippen LogP contribution in [-0.2, 0) is 9.59 Å². The number of aromatic amines is 1. The molecule has 1 amide bonds. The van der Waals surface area contributed by atoms with Crippen LogP contribution in [0, 0.1) is 17.8 Å². The number of aliphatic carboxylic acids is 1. The third-order valence-electron chi connectivity index (χ3n) is 3.92.